The third-order valence-electron chi connectivity index (χ3n) is 6.97. The van der Waals surface area contributed by atoms with Crippen molar-refractivity contribution < 1.29 is 4.79 Å². The normalized spacial score (nSPS) is 14.3. The maximum atomic E-state index is 13.2. The first-order valence-electron chi connectivity index (χ1n) is 12.8. The van der Waals surface area contributed by atoms with Gasteiger partial charge in [0.1, 0.15) is 11.5 Å². The van der Waals surface area contributed by atoms with Crippen molar-refractivity contribution in [3.05, 3.63) is 68.9 Å². The zero-order chi connectivity index (χ0) is 25.7. The quantitative estimate of drug-likeness (QED) is 0.474. The number of unbranched alkanes of at least 4 members (excludes halogenated alkanes) is 1. The van der Waals surface area contributed by atoms with Crippen molar-refractivity contribution in [2.75, 3.05) is 49.9 Å². The molecule has 3 N–H and O–H groups in total. The van der Waals surface area contributed by atoms with E-state index in [2.05, 4.69) is 52.3 Å². The fraction of sp³-hybridized carbons (Fsp3) is 0.444. The van der Waals surface area contributed by atoms with Crippen LogP contribution in [0.5, 0.6) is 0 Å². The van der Waals surface area contributed by atoms with E-state index in [1.807, 2.05) is 18.7 Å². The first-order chi connectivity index (χ1) is 17.4. The van der Waals surface area contributed by atoms with Gasteiger partial charge in [0.05, 0.1) is 6.54 Å². The number of fused-ring (bicyclic) bond motifs is 1. The lowest BCUT2D eigenvalue weighted by atomic mass is 10.0. The van der Waals surface area contributed by atoms with Gasteiger partial charge in [-0.25, -0.2) is 4.79 Å². The Morgan fingerprint density at radius 2 is 1.75 bits per heavy atom. The number of carbonyl (C=O) groups excluding carboxylic acids is 1. The second-order valence-corrected chi connectivity index (χ2v) is 9.31. The van der Waals surface area contributed by atoms with Crippen LogP contribution >= 0.6 is 0 Å². The number of nitrogens with two attached hydrogens (primary N) is 1. The average Bonchev–Trinajstić information content (AvgIpc) is 2.88. The van der Waals surface area contributed by atoms with Gasteiger partial charge in [0, 0.05) is 45.8 Å². The molecule has 4 rings (SSSR count). The predicted octanol–water partition coefficient (Wildman–Crippen LogP) is 2.24. The zero-order valence-electron chi connectivity index (χ0n) is 21.2. The molecule has 1 aliphatic heterocycles. The van der Waals surface area contributed by atoms with E-state index in [1.54, 1.807) is 4.90 Å². The van der Waals surface area contributed by atoms with Crippen LogP contribution in [0.1, 0.15) is 32.3 Å². The third-order valence-corrected chi connectivity index (χ3v) is 6.97. The van der Waals surface area contributed by atoms with Crippen molar-refractivity contribution in [2.45, 2.75) is 39.8 Å². The number of nitrogen functional groups attached to an aromatic ring is 1. The lowest BCUT2D eigenvalue weighted by Gasteiger charge is -2.36. The number of aromatic nitrogens is 2. The second-order valence-electron chi connectivity index (χ2n) is 9.31. The molecule has 0 saturated carbocycles. The number of aromatic amines is 1. The SMILES string of the molecule is CCCCn1c(N)c(N(CC)CC(=O)N2CCN(Cc3cccc4ccccc34)CC2)c(=O)[nH]c1=O. The molecule has 2 heterocycles. The van der Waals surface area contributed by atoms with Crippen LogP contribution in [-0.4, -0.2) is 64.5 Å². The lowest BCUT2D eigenvalue weighted by Crippen LogP contribution is -2.51. The Bertz CT molecular complexity index is 1320. The molecule has 0 bridgehead atoms. The first kappa shape index (κ1) is 25.5. The highest BCUT2D eigenvalue weighted by molar-refractivity contribution is 5.85. The van der Waals surface area contributed by atoms with E-state index in [4.69, 9.17) is 5.73 Å². The highest BCUT2D eigenvalue weighted by Crippen LogP contribution is 2.21. The summed E-state index contributed by atoms with van der Waals surface area (Å²) in [6, 6.07) is 14.8. The molecule has 1 aromatic heterocycles. The molecule has 2 aromatic carbocycles. The van der Waals surface area contributed by atoms with Crippen LogP contribution < -0.4 is 21.9 Å². The van der Waals surface area contributed by atoms with Crippen LogP contribution in [0, 0.1) is 0 Å². The largest absolute Gasteiger partial charge is 0.383 e. The monoisotopic (exact) mass is 492 g/mol. The maximum Gasteiger partial charge on any atom is 0.330 e. The molecule has 0 radical (unpaired) electrons. The zero-order valence-corrected chi connectivity index (χ0v) is 21.2. The molecule has 1 amide bonds. The number of rotatable bonds is 9. The summed E-state index contributed by atoms with van der Waals surface area (Å²) >= 11 is 0. The van der Waals surface area contributed by atoms with Crippen LogP contribution in [-0.2, 0) is 17.9 Å². The van der Waals surface area contributed by atoms with Crippen molar-refractivity contribution in [3.63, 3.8) is 0 Å². The topological polar surface area (TPSA) is 108 Å². The minimum Gasteiger partial charge on any atom is -0.383 e. The molecular formula is C27H36N6O3. The second kappa shape index (κ2) is 11.4. The van der Waals surface area contributed by atoms with E-state index in [-0.39, 0.29) is 24.0 Å². The minimum absolute atomic E-state index is 0.0408. The van der Waals surface area contributed by atoms with Gasteiger partial charge in [-0.15, -0.1) is 0 Å². The van der Waals surface area contributed by atoms with Crippen LogP contribution in [0.15, 0.2) is 52.1 Å². The number of H-pyrrole nitrogens is 1. The Balaban J connectivity index is 1.41. The number of nitrogens with zero attached hydrogens (tertiary/aromatic N) is 4. The van der Waals surface area contributed by atoms with E-state index in [9.17, 15) is 14.4 Å². The van der Waals surface area contributed by atoms with Crippen LogP contribution in [0.2, 0.25) is 0 Å². The Labute approximate surface area is 211 Å². The smallest absolute Gasteiger partial charge is 0.330 e. The molecule has 1 aliphatic rings. The highest BCUT2D eigenvalue weighted by Gasteiger charge is 2.25. The molecule has 0 unspecified atom stereocenters. The summed E-state index contributed by atoms with van der Waals surface area (Å²) in [5.74, 6) is 0.0681. The summed E-state index contributed by atoms with van der Waals surface area (Å²) < 4.78 is 1.39. The summed E-state index contributed by atoms with van der Waals surface area (Å²) in [7, 11) is 0. The molecule has 0 aliphatic carbocycles. The number of benzene rings is 2. The van der Waals surface area contributed by atoms with Gasteiger partial charge in [-0.3, -0.25) is 24.0 Å². The van der Waals surface area contributed by atoms with Gasteiger partial charge >= 0.3 is 5.69 Å². The number of hydrogen-bond acceptors (Lipinski definition) is 6. The van der Waals surface area contributed by atoms with Crippen LogP contribution in [0.25, 0.3) is 10.8 Å². The minimum atomic E-state index is -0.556. The summed E-state index contributed by atoms with van der Waals surface area (Å²) in [6.07, 6.45) is 1.66. The van der Waals surface area contributed by atoms with E-state index < -0.39 is 11.2 Å². The standard InChI is InChI=1S/C27H36N6O3/c1-3-5-13-33-25(28)24(26(35)29-27(33)36)31(4-2)19-23(34)32-16-14-30(15-17-32)18-21-11-8-10-20-9-6-7-12-22(20)21/h6-12H,3-5,13-19,28H2,1-2H3,(H,29,35,36). The predicted molar refractivity (Wildman–Crippen MR) is 144 cm³/mol. The van der Waals surface area contributed by atoms with Gasteiger partial charge in [-0.2, -0.15) is 0 Å². The van der Waals surface area contributed by atoms with Crippen LogP contribution in [0.3, 0.4) is 0 Å². The molecule has 9 heteroatoms. The van der Waals surface area contributed by atoms with E-state index in [1.165, 1.54) is 20.9 Å². The Morgan fingerprint density at radius 1 is 1.03 bits per heavy atom. The van der Waals surface area contributed by atoms with Gasteiger partial charge in [0.25, 0.3) is 5.56 Å². The molecule has 0 spiro atoms. The van der Waals surface area contributed by atoms with Crippen molar-refractivity contribution in [1.82, 2.24) is 19.4 Å². The summed E-state index contributed by atoms with van der Waals surface area (Å²) in [5.41, 5.74) is 6.67. The Hall–Kier alpha value is -3.59. The number of amides is 1. The number of anilines is 2. The summed E-state index contributed by atoms with van der Waals surface area (Å²) in [6.45, 7) is 8.45. The Kier molecular flexibility index (Phi) is 8.10. The van der Waals surface area contributed by atoms with Gasteiger partial charge in [-0.05, 0) is 29.7 Å². The summed E-state index contributed by atoms with van der Waals surface area (Å²) in [5, 5.41) is 2.50. The van der Waals surface area contributed by atoms with Gasteiger partial charge in [0.2, 0.25) is 5.91 Å². The lowest BCUT2D eigenvalue weighted by molar-refractivity contribution is -0.131. The molecule has 1 fully saturated rings. The maximum absolute atomic E-state index is 13.2. The number of hydrogen-bond donors (Lipinski definition) is 2. The first-order valence-corrected chi connectivity index (χ1v) is 12.8. The van der Waals surface area contributed by atoms with E-state index >= 15 is 0 Å². The van der Waals surface area contributed by atoms with Crippen molar-refractivity contribution in [2.24, 2.45) is 0 Å². The molecule has 1 saturated heterocycles. The van der Waals surface area contributed by atoms with Gasteiger partial charge < -0.3 is 15.5 Å². The summed E-state index contributed by atoms with van der Waals surface area (Å²) in [4.78, 5) is 46.3. The van der Waals surface area contributed by atoms with E-state index in [0.717, 1.165) is 32.5 Å². The average molecular weight is 493 g/mol. The number of piperazine rings is 1. The van der Waals surface area contributed by atoms with Crippen molar-refractivity contribution in [1.29, 1.82) is 0 Å². The van der Waals surface area contributed by atoms with E-state index in [0.29, 0.717) is 26.2 Å². The fourth-order valence-corrected chi connectivity index (χ4v) is 4.86. The molecule has 36 heavy (non-hydrogen) atoms. The Morgan fingerprint density at radius 3 is 2.47 bits per heavy atom. The molecular weight excluding hydrogens is 456 g/mol. The molecule has 9 nitrogen and oxygen atoms in total. The van der Waals surface area contributed by atoms with Crippen molar-refractivity contribution in [3.8, 4) is 0 Å². The highest BCUT2D eigenvalue weighted by atomic mass is 16.2. The number of carbonyl (C=O) groups is 1. The molecule has 3 aromatic rings. The van der Waals surface area contributed by atoms with Crippen LogP contribution in [0.4, 0.5) is 11.5 Å². The number of likely N-dealkylation sites (N-methyl/N-ethyl adjacent to an activating group) is 1. The number of nitrogens with one attached hydrogen (secondary N) is 1. The molecule has 0 atom stereocenters. The van der Waals surface area contributed by atoms with Gasteiger partial charge in [0.15, 0.2) is 0 Å². The third kappa shape index (κ3) is 5.46. The molecule has 192 valence electrons. The fourth-order valence-electron chi connectivity index (χ4n) is 4.86. The van der Waals surface area contributed by atoms with Gasteiger partial charge in [-0.1, -0.05) is 55.8 Å². The van der Waals surface area contributed by atoms with Crippen molar-refractivity contribution >= 4 is 28.2 Å².